The molecule has 0 radical (unpaired) electrons. The van der Waals surface area contributed by atoms with Crippen LogP contribution >= 0.6 is 0 Å². The molecule has 4 aliphatic rings. The number of rotatable bonds is 22. The number of alkyl halides is 8. The van der Waals surface area contributed by atoms with Gasteiger partial charge in [-0.25, -0.2) is 97.4 Å². The molecule has 0 amide bonds. The van der Waals surface area contributed by atoms with Crippen molar-refractivity contribution in [3.8, 4) is 11.1 Å². The van der Waals surface area contributed by atoms with Crippen LogP contribution in [0.25, 0.3) is 60.1 Å². The van der Waals surface area contributed by atoms with Crippen molar-refractivity contribution in [1.82, 2.24) is 72.8 Å². The molecule has 4 N–H and O–H groups in total. The fraction of sp³-hybridized carbons (Fsp3) is 0.404. The summed E-state index contributed by atoms with van der Waals surface area (Å²) in [7, 11) is 8.70. The number of nitrogens with one attached hydrogen (secondary N) is 4. The number of aromatic nitrogens is 12. The first-order chi connectivity index (χ1) is 64.5. The van der Waals surface area contributed by atoms with Gasteiger partial charge in [0.15, 0.2) is 5.69 Å². The predicted octanol–water partition coefficient (Wildman–Crippen LogP) is 20.9. The molecule has 5 aromatic carbocycles. The average molecular weight is 1870 g/mol. The molecule has 13 aromatic rings. The van der Waals surface area contributed by atoms with E-state index < -0.39 is 95.4 Å². The SMILES string of the molecule is CCN1CCC(c2cc3c(N[C@H](C)c4cccc(C(F)F)c4F)ncnc3n(C)c2=O)CC1.Cc1nc(N[C@H](C)c2cccc(C(F)F)c2F)c2cc(C3CCN(C)CC3)c(=O)n(C)c2n1.Cc1nc(N[C@H](C)c2cccc(C(F)F)c2F)c2cc(C3CCN(C4CCC4)CC3)c(=O)n(C)c2n1.[C-]#[N+]c1ccccc1-c1cc2c(N[C@H](C)c3cccc(C(F)F)c3F)ncnc2n(C)c1=O. The number of halogens is 12. The van der Waals surface area contributed by atoms with Gasteiger partial charge in [0, 0.05) is 78.7 Å². The van der Waals surface area contributed by atoms with Gasteiger partial charge in [0.25, 0.3) is 47.9 Å². The monoisotopic (exact) mass is 1870 g/mol. The van der Waals surface area contributed by atoms with E-state index in [0.29, 0.717) is 102 Å². The lowest BCUT2D eigenvalue weighted by atomic mass is 9.85. The molecule has 4 fully saturated rings. The maximum atomic E-state index is 14.8. The van der Waals surface area contributed by atoms with E-state index in [1.807, 2.05) is 18.2 Å². The molecule has 3 aliphatic heterocycles. The number of hydrogen-bond donors (Lipinski definition) is 4. The van der Waals surface area contributed by atoms with Crippen LogP contribution in [-0.2, 0) is 28.2 Å². The summed E-state index contributed by atoms with van der Waals surface area (Å²) in [5, 5.41) is 15.0. The molecule has 0 unspecified atom stereocenters. The van der Waals surface area contributed by atoms with E-state index in [4.69, 9.17) is 6.57 Å². The van der Waals surface area contributed by atoms with E-state index in [2.05, 4.69) is 94.7 Å². The zero-order chi connectivity index (χ0) is 96.8. The number of pyridine rings is 4. The normalized spacial score (nSPS) is 15.9. The van der Waals surface area contributed by atoms with Gasteiger partial charge in [0.05, 0.1) is 74.5 Å². The van der Waals surface area contributed by atoms with Gasteiger partial charge in [-0.15, -0.1) is 0 Å². The second-order valence-corrected chi connectivity index (χ2v) is 34.9. The summed E-state index contributed by atoms with van der Waals surface area (Å²) in [4.78, 5) is 98.2. The van der Waals surface area contributed by atoms with E-state index >= 15 is 0 Å². The van der Waals surface area contributed by atoms with Gasteiger partial charge in [0.1, 0.15) is 93.4 Å². The first-order valence-electron chi connectivity index (χ1n) is 45.0. The largest absolute Gasteiger partial charge is 0.363 e. The van der Waals surface area contributed by atoms with Crippen LogP contribution in [0.3, 0.4) is 0 Å². The molecule has 4 atom stereocenters. The molecule has 710 valence electrons. The quantitative estimate of drug-likeness (QED) is 0.0363. The van der Waals surface area contributed by atoms with Gasteiger partial charge in [-0.3, -0.25) is 37.4 Å². The first-order valence-corrected chi connectivity index (χ1v) is 45.0. The van der Waals surface area contributed by atoms with Crippen LogP contribution in [0.4, 0.5) is 81.6 Å². The molecule has 0 spiro atoms. The summed E-state index contributed by atoms with van der Waals surface area (Å²) in [5.41, 5.74) is 2.32. The number of piperidine rings is 3. The molecule has 135 heavy (non-hydrogen) atoms. The summed E-state index contributed by atoms with van der Waals surface area (Å²) in [5.74, 6) is -0.816. The zero-order valence-corrected chi connectivity index (χ0v) is 76.8. The molecule has 17 rings (SSSR count). The topological polar surface area (TPSA) is 253 Å². The smallest absolute Gasteiger partial charge is 0.266 e. The van der Waals surface area contributed by atoms with Gasteiger partial charge in [0.2, 0.25) is 0 Å². The fourth-order valence-corrected chi connectivity index (χ4v) is 18.4. The summed E-state index contributed by atoms with van der Waals surface area (Å²) in [6, 6.07) is 27.8. The first kappa shape index (κ1) is 98.0. The molecule has 36 heteroatoms. The minimum atomic E-state index is -2.93. The molecular formula is C99H106F12N20O4. The van der Waals surface area contributed by atoms with Crippen molar-refractivity contribution in [1.29, 1.82) is 0 Å². The second-order valence-electron chi connectivity index (χ2n) is 34.9. The standard InChI is InChI=1S/C27H32F3N5O.C24H28F3N5O.C24H18F3N5O.C24H28F3N5O/c1-15(19-8-5-9-20(23(19)28)24(29)30)31-25-22-14-21(27(36)34(3)26(22)33-16(2)32-25)17-10-12-35(13-11-17)18-6-4-7-18;1-13(16-6-5-7-17(20(16)25)21(26)27)28-22-19-12-18(15-8-10-31(3)11-9-15)24(33)32(4)23(19)30-14(2)29-22;1-13(14-8-6-9-16(20(14)25)21(26)27)31-22-18-11-17(15-7-4-5-10-19(15)28-2)24(33)32(3)23(18)30-12-29-22;1-4-32-10-8-15(9-11-32)18-12-19-22(28-13-29-23(19)31(3)24(18)33)30-14(2)16-6-5-7-17(20(16)25)21(26)27/h5,8-9,14-15,17-18,24H,4,6-7,10-13H2,1-3H3,(H,31,32,33);5-7,12-13,15,21H,8-11H2,1-4H3,(H,28,29,30);4-13,21H,1,3H3,(H,29,30,31);5-7,12-15,21H,4,8-11H2,1-3H3,(H,28,29,30)/t15-;2*13-;14-/m1111/s1. The van der Waals surface area contributed by atoms with Crippen molar-refractivity contribution in [2.75, 3.05) is 74.1 Å². The number of anilines is 4. The van der Waals surface area contributed by atoms with Crippen LogP contribution in [0, 0.1) is 43.7 Å². The Hall–Kier alpha value is -13.0. The molecule has 8 aromatic heterocycles. The second kappa shape index (κ2) is 42.3. The third kappa shape index (κ3) is 20.9. The molecular weight excluding hydrogens is 1760 g/mol. The Morgan fingerprint density at radius 2 is 0.711 bits per heavy atom. The van der Waals surface area contributed by atoms with E-state index in [-0.39, 0.29) is 67.8 Å². The predicted molar refractivity (Wildman–Crippen MR) is 499 cm³/mol. The third-order valence-corrected chi connectivity index (χ3v) is 26.4. The summed E-state index contributed by atoms with van der Waals surface area (Å²) >= 11 is 0. The van der Waals surface area contributed by atoms with Gasteiger partial charge in [-0.1, -0.05) is 110 Å². The van der Waals surface area contributed by atoms with Crippen LogP contribution < -0.4 is 43.5 Å². The van der Waals surface area contributed by atoms with Gasteiger partial charge < -0.3 is 36.0 Å². The Morgan fingerprint density at radius 3 is 1.07 bits per heavy atom. The molecule has 0 bridgehead atoms. The highest BCUT2D eigenvalue weighted by atomic mass is 19.3. The van der Waals surface area contributed by atoms with Crippen molar-refractivity contribution in [3.05, 3.63) is 283 Å². The lowest BCUT2D eigenvalue weighted by Crippen LogP contribution is -2.45. The molecule has 24 nitrogen and oxygen atoms in total. The van der Waals surface area contributed by atoms with Crippen LogP contribution in [0.15, 0.2) is 153 Å². The Balaban J connectivity index is 0.000000144. The highest BCUT2D eigenvalue weighted by molar-refractivity contribution is 5.93. The van der Waals surface area contributed by atoms with Gasteiger partial charge in [-0.05, 0) is 193 Å². The maximum absolute atomic E-state index is 14.8. The highest BCUT2D eigenvalue weighted by Gasteiger charge is 2.34. The molecule has 1 aliphatic carbocycles. The maximum Gasteiger partial charge on any atom is 0.266 e. The Bertz CT molecular complexity index is 6840. The third-order valence-electron chi connectivity index (χ3n) is 26.4. The number of nitrogens with zero attached hydrogens (tertiary/aromatic N) is 16. The number of likely N-dealkylation sites (tertiary alicyclic amines) is 3. The summed E-state index contributed by atoms with van der Waals surface area (Å²) in [6.07, 6.45) is 0.230. The van der Waals surface area contributed by atoms with E-state index in [1.54, 1.807) is 105 Å². The lowest BCUT2D eigenvalue weighted by Gasteiger charge is -2.41. The minimum Gasteiger partial charge on any atom is -0.363 e. The summed E-state index contributed by atoms with van der Waals surface area (Å²) in [6.45, 7) is 26.4. The average Bonchev–Trinajstić information content (AvgIpc) is 0.767. The fourth-order valence-electron chi connectivity index (χ4n) is 18.4. The molecule has 3 saturated heterocycles. The molecule has 11 heterocycles. The number of aryl methyl sites for hydroxylation is 6. The van der Waals surface area contributed by atoms with E-state index in [0.717, 1.165) is 120 Å². The number of para-hydroxylation sites is 1. The Morgan fingerprint density at radius 1 is 0.385 bits per heavy atom. The van der Waals surface area contributed by atoms with Crippen molar-refractivity contribution in [2.24, 2.45) is 28.2 Å². The zero-order valence-electron chi connectivity index (χ0n) is 76.8. The van der Waals surface area contributed by atoms with Crippen molar-refractivity contribution in [3.63, 3.8) is 0 Å². The highest BCUT2D eigenvalue weighted by Crippen LogP contribution is 2.41. The van der Waals surface area contributed by atoms with Crippen LogP contribution in [0.1, 0.15) is 233 Å². The minimum absolute atomic E-state index is 0.0580. The number of benzene rings is 5. The van der Waals surface area contributed by atoms with E-state index in [1.165, 1.54) is 94.1 Å². The van der Waals surface area contributed by atoms with Crippen LogP contribution in [0.5, 0.6) is 0 Å². The van der Waals surface area contributed by atoms with Crippen molar-refractivity contribution < 1.29 is 52.7 Å². The van der Waals surface area contributed by atoms with Gasteiger partial charge in [-0.2, -0.15) is 0 Å². The summed E-state index contributed by atoms with van der Waals surface area (Å²) < 4.78 is 170. The van der Waals surface area contributed by atoms with Crippen LogP contribution in [-0.4, -0.2) is 132 Å². The van der Waals surface area contributed by atoms with Crippen LogP contribution in [0.2, 0.25) is 0 Å². The number of fused-ring (bicyclic) bond motifs is 4. The number of hydrogen-bond acceptors (Lipinski definition) is 19. The Labute approximate surface area is 771 Å². The molecule has 1 saturated carbocycles. The van der Waals surface area contributed by atoms with Crippen molar-refractivity contribution >= 4 is 73.1 Å². The lowest BCUT2D eigenvalue weighted by molar-refractivity contribution is 0.0973. The Kier molecular flexibility index (Phi) is 30.7. The van der Waals surface area contributed by atoms with Gasteiger partial charge >= 0.3 is 0 Å². The van der Waals surface area contributed by atoms with E-state index in [9.17, 15) is 71.9 Å². The van der Waals surface area contributed by atoms with Crippen molar-refractivity contribution in [2.45, 2.75) is 180 Å².